The van der Waals surface area contributed by atoms with E-state index < -0.39 is 0 Å². The van der Waals surface area contributed by atoms with Crippen molar-refractivity contribution < 1.29 is 9.59 Å². The number of aryl methyl sites for hydroxylation is 1. The van der Waals surface area contributed by atoms with Crippen LogP contribution in [0.4, 0.5) is 4.79 Å². The lowest BCUT2D eigenvalue weighted by Crippen LogP contribution is -2.52. The van der Waals surface area contributed by atoms with E-state index in [0.717, 1.165) is 58.4 Å². The van der Waals surface area contributed by atoms with E-state index in [1.807, 2.05) is 28.0 Å². The minimum Gasteiger partial charge on any atom is -0.341 e. The predicted molar refractivity (Wildman–Crippen MR) is 111 cm³/mol. The summed E-state index contributed by atoms with van der Waals surface area (Å²) in [4.78, 5) is 31.5. The maximum atomic E-state index is 12.7. The lowest BCUT2D eigenvalue weighted by atomic mass is 10.1. The van der Waals surface area contributed by atoms with Crippen LogP contribution in [0.25, 0.3) is 0 Å². The highest BCUT2D eigenvalue weighted by Gasteiger charge is 2.25. The Labute approximate surface area is 168 Å². The van der Waals surface area contributed by atoms with Crippen LogP contribution in [0.2, 0.25) is 0 Å². The molecule has 6 nitrogen and oxygen atoms in total. The van der Waals surface area contributed by atoms with Gasteiger partial charge < -0.3 is 20.0 Å². The monoisotopic (exact) mass is 386 g/mol. The molecule has 6 heteroatoms. The van der Waals surface area contributed by atoms with Crippen molar-refractivity contribution in [2.24, 2.45) is 0 Å². The first kappa shape index (κ1) is 20.6. The molecule has 0 saturated carbocycles. The number of carbonyl (C=O) groups is 2. The number of carbonyl (C=O) groups excluding carboxylic acids is 2. The largest absolute Gasteiger partial charge is 0.341 e. The van der Waals surface area contributed by atoms with Crippen LogP contribution >= 0.6 is 0 Å². The van der Waals surface area contributed by atoms with Crippen LogP contribution in [0.15, 0.2) is 30.3 Å². The minimum atomic E-state index is 0.0292. The van der Waals surface area contributed by atoms with Crippen molar-refractivity contribution >= 4 is 11.9 Å². The lowest BCUT2D eigenvalue weighted by Gasteiger charge is -2.33. The standard InChI is InChI=1S/C22H34N4O2/c1-2-24-13-6-10-20(18-24)23-22(28)26-15-7-14-25(16-17-26)21(27)12-11-19-8-4-3-5-9-19/h3-5,8-9,20H,2,6-7,10-18H2,1H3,(H,23,28). The van der Waals surface area contributed by atoms with Gasteiger partial charge in [-0.2, -0.15) is 0 Å². The first-order chi connectivity index (χ1) is 13.7. The number of piperidine rings is 1. The summed E-state index contributed by atoms with van der Waals surface area (Å²) >= 11 is 0. The molecule has 3 rings (SSSR count). The van der Waals surface area contributed by atoms with Gasteiger partial charge >= 0.3 is 6.03 Å². The molecule has 1 aromatic carbocycles. The number of hydrogen-bond acceptors (Lipinski definition) is 3. The van der Waals surface area contributed by atoms with Gasteiger partial charge in [-0.3, -0.25) is 4.79 Å². The summed E-state index contributed by atoms with van der Waals surface area (Å²) in [7, 11) is 0. The van der Waals surface area contributed by atoms with Gasteiger partial charge in [0.2, 0.25) is 5.91 Å². The molecule has 28 heavy (non-hydrogen) atoms. The lowest BCUT2D eigenvalue weighted by molar-refractivity contribution is -0.131. The molecular formula is C22H34N4O2. The number of likely N-dealkylation sites (N-methyl/N-ethyl adjacent to an activating group) is 1. The van der Waals surface area contributed by atoms with Gasteiger partial charge in [0.1, 0.15) is 0 Å². The number of urea groups is 1. The Morgan fingerprint density at radius 1 is 1.00 bits per heavy atom. The Hall–Kier alpha value is -2.08. The van der Waals surface area contributed by atoms with E-state index >= 15 is 0 Å². The summed E-state index contributed by atoms with van der Waals surface area (Å²) < 4.78 is 0. The molecule has 2 aliphatic rings. The highest BCUT2D eigenvalue weighted by molar-refractivity contribution is 5.77. The minimum absolute atomic E-state index is 0.0292. The van der Waals surface area contributed by atoms with Crippen molar-refractivity contribution in [3.8, 4) is 0 Å². The second-order valence-electron chi connectivity index (χ2n) is 7.89. The van der Waals surface area contributed by atoms with E-state index in [1.165, 1.54) is 5.56 Å². The van der Waals surface area contributed by atoms with Gasteiger partial charge in [-0.15, -0.1) is 0 Å². The number of amides is 3. The zero-order valence-electron chi connectivity index (χ0n) is 17.1. The Kier molecular flexibility index (Phi) is 7.71. The van der Waals surface area contributed by atoms with E-state index in [1.54, 1.807) is 0 Å². The van der Waals surface area contributed by atoms with Gasteiger partial charge in [-0.25, -0.2) is 4.79 Å². The van der Waals surface area contributed by atoms with E-state index in [4.69, 9.17) is 0 Å². The summed E-state index contributed by atoms with van der Waals surface area (Å²) in [5.74, 6) is 0.192. The van der Waals surface area contributed by atoms with Crippen molar-refractivity contribution in [1.29, 1.82) is 0 Å². The molecule has 3 amide bonds. The highest BCUT2D eigenvalue weighted by Crippen LogP contribution is 2.12. The van der Waals surface area contributed by atoms with Gasteiger partial charge in [0.25, 0.3) is 0 Å². The summed E-state index contributed by atoms with van der Waals surface area (Å²) in [5.41, 5.74) is 1.19. The van der Waals surface area contributed by atoms with Crippen molar-refractivity contribution in [3.05, 3.63) is 35.9 Å². The first-order valence-corrected chi connectivity index (χ1v) is 10.7. The van der Waals surface area contributed by atoms with Gasteiger partial charge in [0.15, 0.2) is 0 Å². The topological polar surface area (TPSA) is 55.9 Å². The molecule has 1 aromatic rings. The molecule has 154 valence electrons. The fourth-order valence-electron chi connectivity index (χ4n) is 4.15. The van der Waals surface area contributed by atoms with Crippen LogP contribution in [0.3, 0.4) is 0 Å². The number of nitrogens with one attached hydrogen (secondary N) is 1. The van der Waals surface area contributed by atoms with Gasteiger partial charge in [-0.05, 0) is 44.3 Å². The molecular weight excluding hydrogens is 352 g/mol. The average Bonchev–Trinajstić information content (AvgIpc) is 2.99. The number of likely N-dealkylation sites (tertiary alicyclic amines) is 1. The van der Waals surface area contributed by atoms with E-state index in [0.29, 0.717) is 19.5 Å². The summed E-state index contributed by atoms with van der Waals surface area (Å²) in [6.45, 7) is 7.99. The summed E-state index contributed by atoms with van der Waals surface area (Å²) in [6, 6.07) is 10.4. The third-order valence-corrected chi connectivity index (χ3v) is 5.89. The van der Waals surface area contributed by atoms with Crippen molar-refractivity contribution in [3.63, 3.8) is 0 Å². The number of nitrogens with zero attached hydrogens (tertiary/aromatic N) is 3. The Morgan fingerprint density at radius 2 is 1.75 bits per heavy atom. The van der Waals surface area contributed by atoms with Crippen LogP contribution in [0, 0.1) is 0 Å². The fourth-order valence-corrected chi connectivity index (χ4v) is 4.15. The zero-order valence-corrected chi connectivity index (χ0v) is 17.1. The molecule has 0 bridgehead atoms. The SMILES string of the molecule is CCN1CCCC(NC(=O)N2CCCN(C(=O)CCc3ccccc3)CC2)C1. The number of benzene rings is 1. The van der Waals surface area contributed by atoms with E-state index in [9.17, 15) is 9.59 Å². The number of rotatable bonds is 5. The molecule has 0 radical (unpaired) electrons. The van der Waals surface area contributed by atoms with Crippen LogP contribution in [0.5, 0.6) is 0 Å². The van der Waals surface area contributed by atoms with Gasteiger partial charge in [0, 0.05) is 45.2 Å². The van der Waals surface area contributed by atoms with E-state index in [-0.39, 0.29) is 18.0 Å². The Bertz CT molecular complexity index is 637. The molecule has 0 aromatic heterocycles. The molecule has 0 spiro atoms. The molecule has 2 saturated heterocycles. The second-order valence-corrected chi connectivity index (χ2v) is 7.89. The second kappa shape index (κ2) is 10.5. The van der Waals surface area contributed by atoms with Crippen molar-refractivity contribution in [2.45, 2.75) is 45.1 Å². The van der Waals surface area contributed by atoms with Crippen LogP contribution in [-0.4, -0.2) is 78.5 Å². The highest BCUT2D eigenvalue weighted by atomic mass is 16.2. The molecule has 1 unspecified atom stereocenters. The van der Waals surface area contributed by atoms with Crippen LogP contribution in [-0.2, 0) is 11.2 Å². The smallest absolute Gasteiger partial charge is 0.317 e. The van der Waals surface area contributed by atoms with Crippen molar-refractivity contribution in [1.82, 2.24) is 20.0 Å². The zero-order chi connectivity index (χ0) is 19.8. The Morgan fingerprint density at radius 3 is 2.54 bits per heavy atom. The van der Waals surface area contributed by atoms with Gasteiger partial charge in [0.05, 0.1) is 0 Å². The average molecular weight is 387 g/mol. The molecule has 2 aliphatic heterocycles. The summed E-state index contributed by atoms with van der Waals surface area (Å²) in [6.07, 6.45) is 4.35. The third kappa shape index (κ3) is 5.96. The number of hydrogen-bond donors (Lipinski definition) is 1. The maximum Gasteiger partial charge on any atom is 0.317 e. The fraction of sp³-hybridized carbons (Fsp3) is 0.636. The summed E-state index contributed by atoms with van der Waals surface area (Å²) in [5, 5.41) is 3.21. The van der Waals surface area contributed by atoms with Crippen LogP contribution < -0.4 is 5.32 Å². The molecule has 2 fully saturated rings. The van der Waals surface area contributed by atoms with E-state index in [2.05, 4.69) is 29.3 Å². The molecule has 0 aliphatic carbocycles. The molecule has 1 atom stereocenters. The predicted octanol–water partition coefficient (Wildman–Crippen LogP) is 2.35. The maximum absolute atomic E-state index is 12.7. The Balaban J connectivity index is 1.43. The molecule has 1 N–H and O–H groups in total. The van der Waals surface area contributed by atoms with Crippen molar-refractivity contribution in [2.75, 3.05) is 45.8 Å². The first-order valence-electron chi connectivity index (χ1n) is 10.7. The normalized spacial score (nSPS) is 21.2. The molecule has 2 heterocycles. The third-order valence-electron chi connectivity index (χ3n) is 5.89. The van der Waals surface area contributed by atoms with Gasteiger partial charge in [-0.1, -0.05) is 37.3 Å². The van der Waals surface area contributed by atoms with Crippen LogP contribution in [0.1, 0.15) is 38.2 Å². The quantitative estimate of drug-likeness (QED) is 0.845.